The molecule has 1 atom stereocenters. The molecule has 0 saturated carbocycles. The third-order valence-electron chi connectivity index (χ3n) is 2.43. The monoisotopic (exact) mass is 267 g/mol. The number of nitrogens with zero attached hydrogens (tertiary/aromatic N) is 1. The first-order chi connectivity index (χ1) is 8.15. The largest absolute Gasteiger partial charge is 0.386 e. The fraction of sp³-hybridized carbons (Fsp3) is 0.154. The van der Waals surface area contributed by atoms with Crippen molar-refractivity contribution >= 4 is 23.2 Å². The molecule has 1 unspecified atom stereocenters. The lowest BCUT2D eigenvalue weighted by Gasteiger charge is -2.10. The molecule has 0 aliphatic carbocycles. The summed E-state index contributed by atoms with van der Waals surface area (Å²) in [5.74, 6) is 0. The van der Waals surface area contributed by atoms with Gasteiger partial charge in [0.15, 0.2) is 0 Å². The van der Waals surface area contributed by atoms with Gasteiger partial charge in [-0.25, -0.2) is 0 Å². The van der Waals surface area contributed by atoms with E-state index in [-0.39, 0.29) is 0 Å². The maximum Gasteiger partial charge on any atom is 0.0999 e. The number of hydrogen-bond acceptors (Lipinski definition) is 2. The van der Waals surface area contributed by atoms with Crippen molar-refractivity contribution in [3.8, 4) is 0 Å². The summed E-state index contributed by atoms with van der Waals surface area (Å²) < 4.78 is 0. The van der Waals surface area contributed by atoms with Crippen LogP contribution in [0.3, 0.4) is 0 Å². The van der Waals surface area contributed by atoms with Gasteiger partial charge in [0, 0.05) is 17.6 Å². The van der Waals surface area contributed by atoms with Crippen LogP contribution in [0.2, 0.25) is 10.0 Å². The molecular formula is C13H11Cl2NO. The topological polar surface area (TPSA) is 33.1 Å². The normalized spacial score (nSPS) is 12.4. The summed E-state index contributed by atoms with van der Waals surface area (Å²) in [5, 5.41) is 11.2. The van der Waals surface area contributed by atoms with Crippen molar-refractivity contribution in [2.24, 2.45) is 0 Å². The second kappa shape index (κ2) is 5.50. The molecule has 4 heteroatoms. The van der Waals surface area contributed by atoms with Crippen LogP contribution in [0.4, 0.5) is 0 Å². The van der Waals surface area contributed by atoms with Gasteiger partial charge in [-0.3, -0.25) is 4.98 Å². The van der Waals surface area contributed by atoms with Crippen LogP contribution in [0.5, 0.6) is 0 Å². The molecule has 0 fully saturated rings. The Morgan fingerprint density at radius 1 is 1.00 bits per heavy atom. The molecule has 2 aromatic rings. The molecular weight excluding hydrogens is 257 g/mol. The number of hydrogen-bond donors (Lipinski definition) is 1. The quantitative estimate of drug-likeness (QED) is 0.921. The number of benzene rings is 1. The minimum absolute atomic E-state index is 0.506. The van der Waals surface area contributed by atoms with Gasteiger partial charge in [-0.1, -0.05) is 35.3 Å². The molecule has 1 heterocycles. The molecule has 0 bridgehead atoms. The van der Waals surface area contributed by atoms with E-state index in [1.807, 2.05) is 12.1 Å². The lowest BCUT2D eigenvalue weighted by molar-refractivity contribution is 0.173. The van der Waals surface area contributed by atoms with Gasteiger partial charge >= 0.3 is 0 Å². The van der Waals surface area contributed by atoms with E-state index in [2.05, 4.69) is 4.98 Å². The number of aliphatic hydroxyl groups is 1. The highest BCUT2D eigenvalue weighted by Crippen LogP contribution is 2.19. The average Bonchev–Trinajstić information content (AvgIpc) is 2.33. The van der Waals surface area contributed by atoms with E-state index in [1.54, 1.807) is 24.3 Å². The van der Waals surface area contributed by atoms with Crippen molar-refractivity contribution in [2.75, 3.05) is 0 Å². The Bertz CT molecular complexity index is 482. The Morgan fingerprint density at radius 3 is 2.24 bits per heavy atom. The molecule has 1 aromatic heterocycles. The lowest BCUT2D eigenvalue weighted by Crippen LogP contribution is -2.03. The number of rotatable bonds is 3. The van der Waals surface area contributed by atoms with Gasteiger partial charge in [0.25, 0.3) is 0 Å². The number of halogens is 2. The van der Waals surface area contributed by atoms with Crippen molar-refractivity contribution in [1.29, 1.82) is 0 Å². The van der Waals surface area contributed by atoms with Crippen molar-refractivity contribution < 1.29 is 5.11 Å². The smallest absolute Gasteiger partial charge is 0.0999 e. The highest BCUT2D eigenvalue weighted by molar-refractivity contribution is 6.30. The van der Waals surface area contributed by atoms with Gasteiger partial charge in [-0.15, -0.1) is 0 Å². The Hall–Kier alpha value is -1.09. The van der Waals surface area contributed by atoms with Crippen molar-refractivity contribution in [2.45, 2.75) is 12.5 Å². The van der Waals surface area contributed by atoms with Crippen LogP contribution in [0, 0.1) is 0 Å². The van der Waals surface area contributed by atoms with Crippen molar-refractivity contribution in [1.82, 2.24) is 4.98 Å². The van der Waals surface area contributed by atoms with E-state index in [1.165, 1.54) is 6.20 Å². The van der Waals surface area contributed by atoms with Crippen LogP contribution in [0.1, 0.15) is 17.4 Å². The predicted molar refractivity (Wildman–Crippen MR) is 69.4 cm³/mol. The molecule has 0 amide bonds. The number of aliphatic hydroxyl groups excluding tert-OH is 1. The molecule has 88 valence electrons. The summed E-state index contributed by atoms with van der Waals surface area (Å²) in [6.07, 6.45) is 1.40. The van der Waals surface area contributed by atoms with Crippen LogP contribution in [0.15, 0.2) is 42.6 Å². The second-order valence-electron chi connectivity index (χ2n) is 3.75. The third kappa shape index (κ3) is 3.43. The van der Waals surface area contributed by atoms with Crippen LogP contribution in [0.25, 0.3) is 0 Å². The zero-order valence-electron chi connectivity index (χ0n) is 8.98. The first-order valence-corrected chi connectivity index (χ1v) is 5.95. The molecule has 0 aliphatic rings. The summed E-state index contributed by atoms with van der Waals surface area (Å²) in [6.45, 7) is 0. The molecule has 2 nitrogen and oxygen atoms in total. The second-order valence-corrected chi connectivity index (χ2v) is 4.62. The average molecular weight is 268 g/mol. The van der Waals surface area contributed by atoms with Gasteiger partial charge in [0.1, 0.15) is 0 Å². The zero-order chi connectivity index (χ0) is 12.3. The molecule has 1 aromatic carbocycles. The van der Waals surface area contributed by atoms with E-state index in [0.29, 0.717) is 22.2 Å². The SMILES string of the molecule is OC(Cc1ccc(Cl)cc1)c1ccc(Cl)cn1. The number of pyridine rings is 1. The minimum Gasteiger partial charge on any atom is -0.386 e. The van der Waals surface area contributed by atoms with E-state index < -0.39 is 6.10 Å². The summed E-state index contributed by atoms with van der Waals surface area (Å²) in [7, 11) is 0. The fourth-order valence-corrected chi connectivity index (χ4v) is 1.77. The van der Waals surface area contributed by atoms with Crippen LogP contribution in [-0.2, 0) is 6.42 Å². The Morgan fingerprint density at radius 2 is 1.65 bits per heavy atom. The van der Waals surface area contributed by atoms with Crippen LogP contribution >= 0.6 is 23.2 Å². The highest BCUT2D eigenvalue weighted by atomic mass is 35.5. The highest BCUT2D eigenvalue weighted by Gasteiger charge is 2.09. The van der Waals surface area contributed by atoms with Gasteiger partial charge in [-0.2, -0.15) is 0 Å². The first-order valence-electron chi connectivity index (χ1n) is 5.19. The molecule has 0 aliphatic heterocycles. The van der Waals surface area contributed by atoms with Gasteiger partial charge in [0.05, 0.1) is 16.8 Å². The predicted octanol–water partition coefficient (Wildman–Crippen LogP) is 3.66. The number of aromatic nitrogens is 1. The maximum atomic E-state index is 10.00. The maximum absolute atomic E-state index is 10.00. The summed E-state index contributed by atoms with van der Waals surface area (Å²) in [6, 6.07) is 10.8. The summed E-state index contributed by atoms with van der Waals surface area (Å²) in [4.78, 5) is 4.08. The fourth-order valence-electron chi connectivity index (χ4n) is 1.53. The van der Waals surface area contributed by atoms with Gasteiger partial charge in [0.2, 0.25) is 0 Å². The first kappa shape index (κ1) is 12.4. The van der Waals surface area contributed by atoms with Gasteiger partial charge < -0.3 is 5.11 Å². The van der Waals surface area contributed by atoms with E-state index in [0.717, 1.165) is 5.56 Å². The standard InChI is InChI=1S/C13H11Cl2NO/c14-10-3-1-9(2-4-10)7-13(17)12-6-5-11(15)8-16-12/h1-6,8,13,17H,7H2. The molecule has 2 rings (SSSR count). The lowest BCUT2D eigenvalue weighted by atomic mass is 10.1. The minimum atomic E-state index is -0.631. The van der Waals surface area contributed by atoms with Crippen LogP contribution < -0.4 is 0 Å². The van der Waals surface area contributed by atoms with Crippen molar-refractivity contribution in [3.63, 3.8) is 0 Å². The third-order valence-corrected chi connectivity index (χ3v) is 2.91. The van der Waals surface area contributed by atoms with Gasteiger partial charge in [-0.05, 0) is 29.8 Å². The Balaban J connectivity index is 2.08. The van der Waals surface area contributed by atoms with E-state index >= 15 is 0 Å². The molecule has 17 heavy (non-hydrogen) atoms. The molecule has 0 spiro atoms. The van der Waals surface area contributed by atoms with E-state index in [9.17, 15) is 5.11 Å². The Kier molecular flexibility index (Phi) is 4.00. The Labute approximate surface area is 110 Å². The van der Waals surface area contributed by atoms with Crippen LogP contribution in [-0.4, -0.2) is 10.1 Å². The van der Waals surface area contributed by atoms with Crippen molar-refractivity contribution in [3.05, 3.63) is 63.9 Å². The molecule has 0 saturated heterocycles. The zero-order valence-corrected chi connectivity index (χ0v) is 10.5. The summed E-state index contributed by atoms with van der Waals surface area (Å²) in [5.41, 5.74) is 1.63. The summed E-state index contributed by atoms with van der Waals surface area (Å²) >= 11 is 11.5. The molecule has 0 radical (unpaired) electrons. The van der Waals surface area contributed by atoms with E-state index in [4.69, 9.17) is 23.2 Å². The molecule has 1 N–H and O–H groups in total.